The lowest BCUT2D eigenvalue weighted by Gasteiger charge is -2.31. The minimum Gasteiger partial charge on any atom is -0.358 e. The lowest BCUT2D eigenvalue weighted by atomic mass is 9.87. The molecule has 0 aliphatic carbocycles. The fraction of sp³-hybridized carbons (Fsp3) is 0.385. The van der Waals surface area contributed by atoms with Crippen molar-refractivity contribution in [2.24, 2.45) is 0 Å². The number of rotatable bonds is 5. The summed E-state index contributed by atoms with van der Waals surface area (Å²) in [5, 5.41) is 4.05. The van der Waals surface area contributed by atoms with Crippen LogP contribution in [0.2, 0.25) is 0 Å². The molecule has 0 radical (unpaired) electrons. The minimum absolute atomic E-state index is 0.0974. The molecule has 2 N–H and O–H groups in total. The number of aromatic amines is 1. The second-order valence-corrected chi connectivity index (χ2v) is 9.21. The Morgan fingerprint density at radius 3 is 2.78 bits per heavy atom. The van der Waals surface area contributed by atoms with Crippen LogP contribution in [0.25, 0.3) is 27.8 Å². The van der Waals surface area contributed by atoms with Gasteiger partial charge in [0.05, 0.1) is 12.2 Å². The Balaban J connectivity index is 1.46. The molecular weight excluding hydrogens is 398 g/mol. The normalized spacial score (nSPS) is 15.8. The van der Waals surface area contributed by atoms with Gasteiger partial charge in [-0.3, -0.25) is 9.69 Å². The molecular formula is C26H31N5O. The highest BCUT2D eigenvalue weighted by Gasteiger charge is 2.23. The smallest absolute Gasteiger partial charge is 0.233 e. The number of carbonyl (C=O) groups excluding carboxylic acids is 1. The molecule has 1 aliphatic rings. The van der Waals surface area contributed by atoms with Crippen LogP contribution in [0.1, 0.15) is 49.7 Å². The van der Waals surface area contributed by atoms with Crippen LogP contribution in [-0.4, -0.2) is 51.9 Å². The third-order valence-corrected chi connectivity index (χ3v) is 6.82. The number of H-pyrrole nitrogens is 1. The molecule has 4 heterocycles. The number of likely N-dealkylation sites (tertiary alicyclic amines) is 1. The second kappa shape index (κ2) is 8.43. The highest BCUT2D eigenvalue weighted by molar-refractivity contribution is 5.92. The molecule has 32 heavy (non-hydrogen) atoms. The molecule has 0 bridgehead atoms. The minimum atomic E-state index is 0.0974. The predicted octanol–water partition coefficient (Wildman–Crippen LogP) is 4.53. The van der Waals surface area contributed by atoms with Crippen molar-refractivity contribution in [3.05, 3.63) is 60.0 Å². The van der Waals surface area contributed by atoms with E-state index in [9.17, 15) is 4.79 Å². The molecule has 1 fully saturated rings. The third-order valence-electron chi connectivity index (χ3n) is 6.82. The van der Waals surface area contributed by atoms with Crippen molar-refractivity contribution in [1.29, 1.82) is 0 Å². The van der Waals surface area contributed by atoms with Crippen LogP contribution in [0.15, 0.2) is 48.9 Å². The number of fused-ring (bicyclic) bond motifs is 2. The average molecular weight is 430 g/mol. The molecule has 1 aromatic carbocycles. The largest absolute Gasteiger partial charge is 0.358 e. The molecule has 1 aliphatic heterocycles. The van der Waals surface area contributed by atoms with E-state index in [2.05, 4.69) is 75.0 Å². The van der Waals surface area contributed by atoms with Crippen molar-refractivity contribution >= 4 is 22.5 Å². The van der Waals surface area contributed by atoms with Gasteiger partial charge in [-0.05, 0) is 73.2 Å². The predicted molar refractivity (Wildman–Crippen MR) is 129 cm³/mol. The van der Waals surface area contributed by atoms with Crippen molar-refractivity contribution in [3.63, 3.8) is 0 Å². The van der Waals surface area contributed by atoms with Crippen molar-refractivity contribution in [1.82, 2.24) is 24.6 Å². The van der Waals surface area contributed by atoms with E-state index in [0.717, 1.165) is 31.6 Å². The second-order valence-electron chi connectivity index (χ2n) is 9.21. The highest BCUT2D eigenvalue weighted by atomic mass is 16.1. The zero-order chi connectivity index (χ0) is 22.2. The van der Waals surface area contributed by atoms with E-state index in [1.165, 1.54) is 33.3 Å². The van der Waals surface area contributed by atoms with Crippen LogP contribution in [0.4, 0.5) is 0 Å². The Bertz CT molecular complexity index is 1260. The Morgan fingerprint density at radius 1 is 1.22 bits per heavy atom. The first-order valence-electron chi connectivity index (χ1n) is 11.5. The number of piperidine rings is 1. The maximum atomic E-state index is 11.7. The first-order chi connectivity index (χ1) is 15.5. The summed E-state index contributed by atoms with van der Waals surface area (Å²) in [5.41, 5.74) is 7.31. The first kappa shape index (κ1) is 20.8. The van der Waals surface area contributed by atoms with Gasteiger partial charge in [-0.25, -0.2) is 4.98 Å². The van der Waals surface area contributed by atoms with Gasteiger partial charge in [0.2, 0.25) is 5.91 Å². The quantitative estimate of drug-likeness (QED) is 0.490. The Morgan fingerprint density at radius 2 is 2.03 bits per heavy atom. The molecule has 4 aromatic rings. The maximum Gasteiger partial charge on any atom is 0.233 e. The van der Waals surface area contributed by atoms with Crippen LogP contribution in [-0.2, 0) is 4.79 Å². The van der Waals surface area contributed by atoms with E-state index in [4.69, 9.17) is 0 Å². The summed E-state index contributed by atoms with van der Waals surface area (Å²) < 4.78 is 2.07. The zero-order valence-electron chi connectivity index (χ0n) is 19.1. The van der Waals surface area contributed by atoms with E-state index in [1.807, 2.05) is 12.4 Å². The van der Waals surface area contributed by atoms with E-state index in [-0.39, 0.29) is 5.91 Å². The molecule has 0 spiro atoms. The van der Waals surface area contributed by atoms with Gasteiger partial charge in [-0.2, -0.15) is 0 Å². The number of hydrogen-bond donors (Lipinski definition) is 2. The van der Waals surface area contributed by atoms with Crippen LogP contribution in [0, 0.1) is 0 Å². The van der Waals surface area contributed by atoms with Crippen molar-refractivity contribution in [2.45, 2.75) is 38.5 Å². The summed E-state index contributed by atoms with van der Waals surface area (Å²) in [6.45, 7) is 6.98. The van der Waals surface area contributed by atoms with Gasteiger partial charge in [0.25, 0.3) is 0 Å². The SMILES string of the molecule is CNC(=O)CN1CCC(c2ccc3[nH]c(-c4ccc5nccn5c4)c(C(C)C)c3c2)CC1. The summed E-state index contributed by atoms with van der Waals surface area (Å²) in [6, 6.07) is 11.2. The molecule has 3 aromatic heterocycles. The van der Waals surface area contributed by atoms with Gasteiger partial charge in [0.15, 0.2) is 0 Å². The molecule has 0 atom stereocenters. The van der Waals surface area contributed by atoms with E-state index < -0.39 is 0 Å². The number of nitrogens with one attached hydrogen (secondary N) is 2. The summed E-state index contributed by atoms with van der Waals surface area (Å²) >= 11 is 0. The monoisotopic (exact) mass is 429 g/mol. The maximum absolute atomic E-state index is 11.7. The zero-order valence-corrected chi connectivity index (χ0v) is 19.1. The van der Waals surface area contributed by atoms with Crippen molar-refractivity contribution in [3.8, 4) is 11.3 Å². The average Bonchev–Trinajstić information content (AvgIpc) is 3.42. The summed E-state index contributed by atoms with van der Waals surface area (Å²) in [7, 11) is 1.70. The van der Waals surface area contributed by atoms with Gasteiger partial charge in [0.1, 0.15) is 5.65 Å². The molecule has 1 saturated heterocycles. The third kappa shape index (κ3) is 3.79. The summed E-state index contributed by atoms with van der Waals surface area (Å²) in [4.78, 5) is 22.0. The number of likely N-dealkylation sites (N-methyl/N-ethyl adjacent to an activating group) is 1. The van der Waals surface area contributed by atoms with Crippen LogP contribution < -0.4 is 5.32 Å². The van der Waals surface area contributed by atoms with E-state index in [0.29, 0.717) is 18.4 Å². The fourth-order valence-corrected chi connectivity index (χ4v) is 5.09. The number of hydrogen-bond acceptors (Lipinski definition) is 3. The number of nitrogens with zero attached hydrogens (tertiary/aromatic N) is 3. The Kier molecular flexibility index (Phi) is 5.47. The van der Waals surface area contributed by atoms with Crippen LogP contribution >= 0.6 is 0 Å². The lowest BCUT2D eigenvalue weighted by molar-refractivity contribution is -0.122. The van der Waals surface area contributed by atoms with Gasteiger partial charge < -0.3 is 14.7 Å². The van der Waals surface area contributed by atoms with Crippen LogP contribution in [0.5, 0.6) is 0 Å². The number of imidazole rings is 1. The number of aromatic nitrogens is 3. The molecule has 166 valence electrons. The number of carbonyl (C=O) groups is 1. The van der Waals surface area contributed by atoms with Crippen molar-refractivity contribution in [2.75, 3.05) is 26.7 Å². The molecule has 6 nitrogen and oxygen atoms in total. The number of benzene rings is 1. The first-order valence-corrected chi connectivity index (χ1v) is 11.5. The summed E-state index contributed by atoms with van der Waals surface area (Å²) in [5.74, 6) is 1.04. The van der Waals surface area contributed by atoms with Gasteiger partial charge in [-0.1, -0.05) is 19.9 Å². The molecule has 6 heteroatoms. The van der Waals surface area contributed by atoms with Crippen molar-refractivity contribution < 1.29 is 4.79 Å². The Hall–Kier alpha value is -3.12. The molecule has 5 rings (SSSR count). The van der Waals surface area contributed by atoms with E-state index in [1.54, 1.807) is 7.05 Å². The summed E-state index contributed by atoms with van der Waals surface area (Å²) in [6.07, 6.45) is 8.16. The number of amides is 1. The van der Waals surface area contributed by atoms with Crippen LogP contribution in [0.3, 0.4) is 0 Å². The molecule has 0 saturated carbocycles. The lowest BCUT2D eigenvalue weighted by Crippen LogP contribution is -2.40. The standard InChI is InChI=1S/C26H31N5O/c1-17(2)25-21-14-19(18-8-11-30(12-9-18)16-24(32)27-3)4-6-22(21)29-26(25)20-5-7-23-28-10-13-31(23)15-20/h4-7,10,13-15,17-18,29H,8-9,11-12,16H2,1-3H3,(H,27,32). The van der Waals surface area contributed by atoms with Gasteiger partial charge in [-0.15, -0.1) is 0 Å². The van der Waals surface area contributed by atoms with Gasteiger partial charge in [0, 0.05) is 42.1 Å². The van der Waals surface area contributed by atoms with Gasteiger partial charge >= 0.3 is 0 Å². The fourth-order valence-electron chi connectivity index (χ4n) is 5.09. The highest BCUT2D eigenvalue weighted by Crippen LogP contribution is 2.38. The van der Waals surface area contributed by atoms with E-state index >= 15 is 0 Å². The molecule has 1 amide bonds. The number of pyridine rings is 1. The topological polar surface area (TPSA) is 65.4 Å². The Labute approximate surface area is 188 Å². The molecule has 0 unspecified atom stereocenters.